The van der Waals surface area contributed by atoms with E-state index in [1.807, 2.05) is 62.6 Å². The van der Waals surface area contributed by atoms with Crippen LogP contribution in [0.4, 0.5) is 4.79 Å². The van der Waals surface area contributed by atoms with Gasteiger partial charge in [0, 0.05) is 24.3 Å². The molecule has 0 spiro atoms. The molecule has 1 aromatic heterocycles. The van der Waals surface area contributed by atoms with E-state index in [0.29, 0.717) is 31.7 Å². The fraction of sp³-hybridized carbons (Fsp3) is 0.550. The molecule has 3 aromatic rings. The van der Waals surface area contributed by atoms with Crippen molar-refractivity contribution >= 4 is 28.9 Å². The molecule has 2 fully saturated rings. The molecule has 0 radical (unpaired) electrons. The first-order valence-electron chi connectivity index (χ1n) is 18.6. The summed E-state index contributed by atoms with van der Waals surface area (Å²) < 4.78 is 19.1. The van der Waals surface area contributed by atoms with Crippen molar-refractivity contribution in [1.82, 2.24) is 20.1 Å². The maximum atomic E-state index is 14.5. The number of benzene rings is 2. The molecule has 272 valence electrons. The Balaban J connectivity index is 1.22. The summed E-state index contributed by atoms with van der Waals surface area (Å²) in [6.45, 7) is 3.58. The van der Waals surface area contributed by atoms with Crippen molar-refractivity contribution in [2.24, 2.45) is 17.8 Å². The van der Waals surface area contributed by atoms with E-state index in [2.05, 4.69) is 17.1 Å². The van der Waals surface area contributed by atoms with Gasteiger partial charge in [0.15, 0.2) is 0 Å². The van der Waals surface area contributed by atoms with Gasteiger partial charge < -0.3 is 34.4 Å². The number of carbonyl (C=O) groups excluding carboxylic acids is 2. The number of carbonyl (C=O) groups is 3. The van der Waals surface area contributed by atoms with E-state index in [-0.39, 0.29) is 36.8 Å². The molecule has 1 unspecified atom stereocenters. The molecule has 2 amide bonds. The van der Waals surface area contributed by atoms with E-state index in [4.69, 9.17) is 19.2 Å². The first-order valence-corrected chi connectivity index (χ1v) is 18.6. The monoisotopic (exact) mass is 698 g/mol. The second-order valence-electron chi connectivity index (χ2n) is 15.1. The van der Waals surface area contributed by atoms with Crippen LogP contribution in [0.1, 0.15) is 62.1 Å². The van der Waals surface area contributed by atoms with Gasteiger partial charge in [-0.1, -0.05) is 56.2 Å². The molecule has 7 rings (SSSR count). The smallest absolute Gasteiger partial charge is 0.408 e. The highest BCUT2D eigenvalue weighted by atomic mass is 16.6. The SMILES string of the molecule is CC1[C@H]2CCCCCc3c(nc4ccccc4c3OCCCN(C)C)O[C@@H]3C[C@@H](C(=O)O)N(C3)C(=O)[C@H](C3Cc4ccccc4C3)NC(=O)O[C@H]12. The van der Waals surface area contributed by atoms with Gasteiger partial charge in [-0.2, -0.15) is 0 Å². The van der Waals surface area contributed by atoms with Gasteiger partial charge in [0.05, 0.1) is 24.2 Å². The van der Waals surface area contributed by atoms with Gasteiger partial charge in [0.1, 0.15) is 30.0 Å². The lowest BCUT2D eigenvalue weighted by atomic mass is 9.95. The molecule has 4 aliphatic rings. The van der Waals surface area contributed by atoms with Gasteiger partial charge in [-0.3, -0.25) is 4.79 Å². The number of para-hydroxylation sites is 1. The molecule has 2 N–H and O–H groups in total. The molecule has 1 saturated carbocycles. The van der Waals surface area contributed by atoms with Gasteiger partial charge >= 0.3 is 12.1 Å². The van der Waals surface area contributed by atoms with Crippen LogP contribution in [0.25, 0.3) is 10.9 Å². The molecule has 51 heavy (non-hydrogen) atoms. The Bertz CT molecular complexity index is 1740. The summed E-state index contributed by atoms with van der Waals surface area (Å²) in [5, 5.41) is 14.2. The summed E-state index contributed by atoms with van der Waals surface area (Å²) in [7, 11) is 4.09. The van der Waals surface area contributed by atoms with Crippen LogP contribution in [0, 0.1) is 17.8 Å². The highest BCUT2D eigenvalue weighted by Gasteiger charge is 2.50. The molecule has 6 atom stereocenters. The number of aliphatic carboxylic acids is 1. The minimum Gasteiger partial charge on any atom is -0.492 e. The van der Waals surface area contributed by atoms with Crippen molar-refractivity contribution in [3.63, 3.8) is 0 Å². The number of ether oxygens (including phenoxy) is 3. The van der Waals surface area contributed by atoms with Crippen LogP contribution in [0.5, 0.6) is 11.6 Å². The van der Waals surface area contributed by atoms with E-state index >= 15 is 0 Å². The number of aromatic nitrogens is 1. The molecule has 1 saturated heterocycles. The van der Waals surface area contributed by atoms with Crippen LogP contribution in [-0.2, 0) is 33.6 Å². The van der Waals surface area contributed by atoms with Crippen LogP contribution in [0.2, 0.25) is 0 Å². The number of carboxylic acid groups (broad SMARTS) is 1. The van der Waals surface area contributed by atoms with E-state index in [0.717, 1.165) is 72.0 Å². The minimum absolute atomic E-state index is 0.0530. The summed E-state index contributed by atoms with van der Waals surface area (Å²) in [5.74, 6) is -0.0733. The average Bonchev–Trinajstić information content (AvgIpc) is 3.43. The number of hydrogen-bond acceptors (Lipinski definition) is 8. The van der Waals surface area contributed by atoms with Crippen molar-refractivity contribution in [2.45, 2.75) is 89.0 Å². The van der Waals surface area contributed by atoms with Crippen LogP contribution in [0.15, 0.2) is 48.5 Å². The largest absolute Gasteiger partial charge is 0.492 e. The fourth-order valence-corrected chi connectivity index (χ4v) is 8.41. The Labute approximate surface area is 299 Å². The second kappa shape index (κ2) is 15.1. The lowest BCUT2D eigenvalue weighted by Crippen LogP contribution is -2.55. The average molecular weight is 699 g/mol. The topological polar surface area (TPSA) is 131 Å². The van der Waals surface area contributed by atoms with Gasteiger partial charge in [-0.25, -0.2) is 14.6 Å². The number of carboxylic acids is 1. The zero-order valence-electron chi connectivity index (χ0n) is 29.9. The predicted octanol–water partition coefficient (Wildman–Crippen LogP) is 5.26. The van der Waals surface area contributed by atoms with Crippen molar-refractivity contribution in [1.29, 1.82) is 0 Å². The number of rotatable bonds is 7. The standard InChI is InChI=1S/C40H50N4O7/c1-24-29-14-5-4-6-16-31-36(49-19-11-18-43(2)3)30-15-9-10-17-32(30)41-37(31)50-28-22-33(39(46)47)44(23-28)38(45)34(42-40(48)51-35(24)29)27-20-25-12-7-8-13-26(25)21-27/h7-10,12-13,15,17,24,27-29,33-35H,4-6,11,14,16,18-23H2,1-3H3,(H,42,48)(H,46,47)/t24?,28-,29-,33+,34+,35-/m1/s1. The lowest BCUT2D eigenvalue weighted by Gasteiger charge is -2.30. The summed E-state index contributed by atoms with van der Waals surface area (Å²) in [6.07, 6.45) is 5.19. The Morgan fingerprint density at radius 3 is 2.53 bits per heavy atom. The minimum atomic E-state index is -1.12. The van der Waals surface area contributed by atoms with Crippen LogP contribution >= 0.6 is 0 Å². The predicted molar refractivity (Wildman–Crippen MR) is 192 cm³/mol. The van der Waals surface area contributed by atoms with Gasteiger partial charge in [0.2, 0.25) is 11.8 Å². The van der Waals surface area contributed by atoms with E-state index < -0.39 is 36.2 Å². The highest BCUT2D eigenvalue weighted by Crippen LogP contribution is 2.45. The summed E-state index contributed by atoms with van der Waals surface area (Å²) in [4.78, 5) is 49.1. The lowest BCUT2D eigenvalue weighted by molar-refractivity contribution is -0.149. The zero-order chi connectivity index (χ0) is 35.6. The molecule has 11 nitrogen and oxygen atoms in total. The maximum absolute atomic E-state index is 14.5. The molecule has 2 aromatic carbocycles. The van der Waals surface area contributed by atoms with E-state index in [1.165, 1.54) is 4.90 Å². The third-order valence-electron chi connectivity index (χ3n) is 11.3. The number of amides is 2. The van der Waals surface area contributed by atoms with Crippen molar-refractivity contribution in [3.8, 4) is 11.6 Å². The second-order valence-corrected chi connectivity index (χ2v) is 15.1. The number of fused-ring (bicyclic) bond motifs is 6. The molecule has 3 heterocycles. The summed E-state index contributed by atoms with van der Waals surface area (Å²) in [6, 6.07) is 13.8. The molecular formula is C40H50N4O7. The maximum Gasteiger partial charge on any atom is 0.408 e. The Morgan fingerprint density at radius 2 is 1.78 bits per heavy atom. The first kappa shape index (κ1) is 35.0. The summed E-state index contributed by atoms with van der Waals surface area (Å²) >= 11 is 0. The molecule has 2 aliphatic carbocycles. The normalized spacial score (nSPS) is 27.0. The third-order valence-corrected chi connectivity index (χ3v) is 11.3. The number of alkyl carbamates (subject to hydrolysis) is 1. The molecule has 2 aliphatic heterocycles. The number of nitrogens with one attached hydrogen (secondary N) is 1. The van der Waals surface area contributed by atoms with E-state index in [9.17, 15) is 19.5 Å². The number of nitrogens with zero attached hydrogens (tertiary/aromatic N) is 3. The van der Waals surface area contributed by atoms with Crippen LogP contribution < -0.4 is 14.8 Å². The van der Waals surface area contributed by atoms with Crippen LogP contribution in [-0.4, -0.2) is 95.9 Å². The van der Waals surface area contributed by atoms with Gasteiger partial charge in [-0.05, 0) is 87.7 Å². The van der Waals surface area contributed by atoms with Crippen LogP contribution in [0.3, 0.4) is 0 Å². The van der Waals surface area contributed by atoms with Gasteiger partial charge in [-0.15, -0.1) is 0 Å². The number of pyridine rings is 1. The molecule has 2 bridgehead atoms. The summed E-state index contributed by atoms with van der Waals surface area (Å²) in [5.41, 5.74) is 3.88. The van der Waals surface area contributed by atoms with Crippen molar-refractivity contribution < 1.29 is 33.7 Å². The van der Waals surface area contributed by atoms with Crippen molar-refractivity contribution in [3.05, 3.63) is 65.2 Å². The van der Waals surface area contributed by atoms with Gasteiger partial charge in [0.25, 0.3) is 0 Å². The fourth-order valence-electron chi connectivity index (χ4n) is 8.41. The Morgan fingerprint density at radius 1 is 1.04 bits per heavy atom. The van der Waals surface area contributed by atoms with Crippen molar-refractivity contribution in [2.75, 3.05) is 33.8 Å². The molecule has 11 heteroatoms. The first-order chi connectivity index (χ1) is 24.7. The quantitative estimate of drug-likeness (QED) is 0.318. The van der Waals surface area contributed by atoms with E-state index in [1.54, 1.807) is 0 Å². The Hall–Kier alpha value is -4.38. The number of hydrogen-bond donors (Lipinski definition) is 2. The zero-order valence-corrected chi connectivity index (χ0v) is 29.9. The highest BCUT2D eigenvalue weighted by molar-refractivity contribution is 5.90. The Kier molecular flexibility index (Phi) is 10.4. The third kappa shape index (κ3) is 7.64. The molecular weight excluding hydrogens is 648 g/mol.